The Bertz CT molecular complexity index is 989. The van der Waals surface area contributed by atoms with Gasteiger partial charge in [0.1, 0.15) is 5.58 Å². The van der Waals surface area contributed by atoms with Gasteiger partial charge in [-0.25, -0.2) is 4.79 Å². The van der Waals surface area contributed by atoms with E-state index in [1.165, 1.54) is 0 Å². The number of benzene rings is 2. The molecule has 0 aliphatic carbocycles. The van der Waals surface area contributed by atoms with Crippen molar-refractivity contribution in [3.63, 3.8) is 0 Å². The van der Waals surface area contributed by atoms with E-state index in [1.807, 2.05) is 43.3 Å². The Morgan fingerprint density at radius 1 is 1.00 bits per heavy atom. The second-order valence-corrected chi connectivity index (χ2v) is 6.69. The third-order valence-electron chi connectivity index (χ3n) is 4.90. The number of nitrogens with zero attached hydrogens (tertiary/aromatic N) is 1. The van der Waals surface area contributed by atoms with Gasteiger partial charge in [-0.1, -0.05) is 48.5 Å². The summed E-state index contributed by atoms with van der Waals surface area (Å²) >= 11 is 0. The molecule has 1 fully saturated rings. The molecule has 0 radical (unpaired) electrons. The minimum absolute atomic E-state index is 0.122. The van der Waals surface area contributed by atoms with Crippen LogP contribution in [0.1, 0.15) is 27.8 Å². The van der Waals surface area contributed by atoms with Gasteiger partial charge in [0, 0.05) is 29.6 Å². The zero-order chi connectivity index (χ0) is 19.5. The van der Waals surface area contributed by atoms with Crippen molar-refractivity contribution < 1.29 is 23.5 Å². The fraction of sp³-hybridized carbons (Fsp3) is 0.273. The summed E-state index contributed by atoms with van der Waals surface area (Å²) in [6.07, 6.45) is -1.03. The molecule has 3 aromatic rings. The lowest BCUT2D eigenvalue weighted by Crippen LogP contribution is -2.44. The SMILES string of the molecule is Cc1c(C(=O)O[C@@H](C(=O)N2CCOCC2)c2ccccc2)oc2ccccc12. The van der Waals surface area contributed by atoms with Crippen molar-refractivity contribution in [3.05, 3.63) is 71.5 Å². The van der Waals surface area contributed by atoms with E-state index in [4.69, 9.17) is 13.9 Å². The van der Waals surface area contributed by atoms with Crippen LogP contribution in [-0.2, 0) is 14.3 Å². The lowest BCUT2D eigenvalue weighted by Gasteiger charge is -2.30. The van der Waals surface area contributed by atoms with Gasteiger partial charge in [0.05, 0.1) is 13.2 Å². The highest BCUT2D eigenvalue weighted by Crippen LogP contribution is 2.28. The summed E-state index contributed by atoms with van der Waals surface area (Å²) < 4.78 is 16.7. The number of amides is 1. The lowest BCUT2D eigenvalue weighted by molar-refractivity contribution is -0.145. The van der Waals surface area contributed by atoms with Crippen molar-refractivity contribution in [2.45, 2.75) is 13.0 Å². The molecule has 0 unspecified atom stereocenters. The normalized spacial score (nSPS) is 15.4. The monoisotopic (exact) mass is 379 g/mol. The number of hydrogen-bond donors (Lipinski definition) is 0. The maximum absolute atomic E-state index is 13.1. The van der Waals surface area contributed by atoms with Crippen LogP contribution in [0.4, 0.5) is 0 Å². The molecule has 1 amide bonds. The predicted octanol–water partition coefficient (Wildman–Crippen LogP) is 3.50. The van der Waals surface area contributed by atoms with Gasteiger partial charge in [-0.3, -0.25) is 4.79 Å². The number of morpholine rings is 1. The molecule has 1 atom stereocenters. The van der Waals surface area contributed by atoms with Gasteiger partial charge < -0.3 is 18.8 Å². The molecule has 0 N–H and O–H groups in total. The highest BCUT2D eigenvalue weighted by Gasteiger charge is 2.32. The number of carbonyl (C=O) groups excluding carboxylic acids is 2. The maximum atomic E-state index is 13.1. The second-order valence-electron chi connectivity index (χ2n) is 6.69. The van der Waals surface area contributed by atoms with Crippen LogP contribution in [0.3, 0.4) is 0 Å². The first kappa shape index (κ1) is 18.3. The van der Waals surface area contributed by atoms with Gasteiger partial charge in [0.2, 0.25) is 11.9 Å². The molecular weight excluding hydrogens is 358 g/mol. The quantitative estimate of drug-likeness (QED) is 0.649. The van der Waals surface area contributed by atoms with Gasteiger partial charge >= 0.3 is 5.97 Å². The number of esters is 1. The molecule has 4 rings (SSSR count). The van der Waals surface area contributed by atoms with Crippen molar-refractivity contribution in [3.8, 4) is 0 Å². The Kier molecular flexibility index (Phi) is 5.12. The average Bonchev–Trinajstić information content (AvgIpc) is 3.09. The molecule has 144 valence electrons. The number of fused-ring (bicyclic) bond motifs is 1. The molecule has 0 saturated carbocycles. The number of hydrogen-bond acceptors (Lipinski definition) is 5. The van der Waals surface area contributed by atoms with Crippen LogP contribution in [0.25, 0.3) is 11.0 Å². The highest BCUT2D eigenvalue weighted by molar-refractivity contribution is 5.97. The molecular formula is C22H21NO5. The summed E-state index contributed by atoms with van der Waals surface area (Å²) in [5.74, 6) is -0.780. The Balaban J connectivity index is 1.63. The minimum Gasteiger partial charge on any atom is -0.449 e. The van der Waals surface area contributed by atoms with E-state index in [-0.39, 0.29) is 11.7 Å². The first-order valence-corrected chi connectivity index (χ1v) is 9.26. The van der Waals surface area contributed by atoms with E-state index in [0.29, 0.717) is 43.0 Å². The smallest absolute Gasteiger partial charge is 0.375 e. The van der Waals surface area contributed by atoms with E-state index < -0.39 is 12.1 Å². The van der Waals surface area contributed by atoms with Gasteiger partial charge in [-0.15, -0.1) is 0 Å². The zero-order valence-corrected chi connectivity index (χ0v) is 15.6. The maximum Gasteiger partial charge on any atom is 0.375 e. The highest BCUT2D eigenvalue weighted by atomic mass is 16.6. The number of rotatable bonds is 4. The number of furan rings is 1. The largest absolute Gasteiger partial charge is 0.449 e. The van der Waals surface area contributed by atoms with Gasteiger partial charge in [-0.2, -0.15) is 0 Å². The standard InChI is InChI=1S/C22H21NO5/c1-15-17-9-5-6-10-18(17)27-19(15)22(25)28-20(16-7-3-2-4-8-16)21(24)23-11-13-26-14-12-23/h2-10,20H,11-14H2,1H3/t20-/m1/s1. The van der Waals surface area contributed by atoms with E-state index in [2.05, 4.69) is 0 Å². The molecule has 1 aliphatic rings. The molecule has 0 bridgehead atoms. The number of carbonyl (C=O) groups is 2. The molecule has 2 heterocycles. The Labute approximate surface area is 162 Å². The molecule has 0 spiro atoms. The minimum atomic E-state index is -1.03. The van der Waals surface area contributed by atoms with Crippen molar-refractivity contribution >= 4 is 22.8 Å². The van der Waals surface area contributed by atoms with Gasteiger partial charge in [0.15, 0.2) is 0 Å². The third kappa shape index (κ3) is 3.51. The van der Waals surface area contributed by atoms with Crippen molar-refractivity contribution in [1.29, 1.82) is 0 Å². The summed E-state index contributed by atoms with van der Waals surface area (Å²) in [5.41, 5.74) is 1.94. The molecule has 1 aromatic heterocycles. The Morgan fingerprint density at radius 3 is 2.39 bits per heavy atom. The van der Waals surface area contributed by atoms with Crippen LogP contribution >= 0.6 is 0 Å². The van der Waals surface area contributed by atoms with Crippen molar-refractivity contribution in [2.75, 3.05) is 26.3 Å². The first-order valence-electron chi connectivity index (χ1n) is 9.26. The van der Waals surface area contributed by atoms with Crippen LogP contribution in [0, 0.1) is 6.92 Å². The van der Waals surface area contributed by atoms with E-state index in [0.717, 1.165) is 5.39 Å². The van der Waals surface area contributed by atoms with Crippen LogP contribution in [0.5, 0.6) is 0 Å². The lowest BCUT2D eigenvalue weighted by atomic mass is 10.1. The van der Waals surface area contributed by atoms with Crippen LogP contribution < -0.4 is 0 Å². The molecule has 28 heavy (non-hydrogen) atoms. The fourth-order valence-electron chi connectivity index (χ4n) is 3.37. The van der Waals surface area contributed by atoms with Crippen LogP contribution in [0.15, 0.2) is 59.0 Å². The molecule has 6 nitrogen and oxygen atoms in total. The van der Waals surface area contributed by atoms with Gasteiger partial charge in [0.25, 0.3) is 5.91 Å². The summed E-state index contributed by atoms with van der Waals surface area (Å²) in [4.78, 5) is 27.6. The average molecular weight is 379 g/mol. The Hall–Kier alpha value is -3.12. The van der Waals surface area contributed by atoms with Gasteiger partial charge in [-0.05, 0) is 13.0 Å². The second kappa shape index (κ2) is 7.86. The van der Waals surface area contributed by atoms with Crippen molar-refractivity contribution in [1.82, 2.24) is 4.90 Å². The number of para-hydroxylation sites is 1. The predicted molar refractivity (Wildman–Crippen MR) is 103 cm³/mol. The molecule has 2 aromatic carbocycles. The number of ether oxygens (including phenoxy) is 2. The summed E-state index contributed by atoms with van der Waals surface area (Å²) in [6.45, 7) is 3.71. The number of aryl methyl sites for hydroxylation is 1. The summed E-state index contributed by atoms with van der Waals surface area (Å²) in [6, 6.07) is 16.5. The topological polar surface area (TPSA) is 69.0 Å². The molecule has 6 heteroatoms. The van der Waals surface area contributed by atoms with Crippen LogP contribution in [-0.4, -0.2) is 43.1 Å². The van der Waals surface area contributed by atoms with Crippen LogP contribution in [0.2, 0.25) is 0 Å². The van der Waals surface area contributed by atoms with E-state index in [1.54, 1.807) is 23.1 Å². The third-order valence-corrected chi connectivity index (χ3v) is 4.90. The van der Waals surface area contributed by atoms with E-state index >= 15 is 0 Å². The first-order chi connectivity index (χ1) is 13.6. The molecule has 1 saturated heterocycles. The Morgan fingerprint density at radius 2 is 1.68 bits per heavy atom. The summed E-state index contributed by atoms with van der Waals surface area (Å²) in [7, 11) is 0. The summed E-state index contributed by atoms with van der Waals surface area (Å²) in [5, 5.41) is 0.852. The zero-order valence-electron chi connectivity index (χ0n) is 15.6. The van der Waals surface area contributed by atoms with E-state index in [9.17, 15) is 9.59 Å². The van der Waals surface area contributed by atoms with Crippen molar-refractivity contribution in [2.24, 2.45) is 0 Å². The fourth-order valence-corrected chi connectivity index (χ4v) is 3.37. The molecule has 1 aliphatic heterocycles.